The van der Waals surface area contributed by atoms with E-state index >= 15 is 0 Å². The maximum Gasteiger partial charge on any atom is 0.109 e. The summed E-state index contributed by atoms with van der Waals surface area (Å²) in [5.74, 6) is 1.19. The summed E-state index contributed by atoms with van der Waals surface area (Å²) in [6, 6.07) is 0.695. The SMILES string of the molecule is CCCNC1CCCN(CCc2nccn2C)C1. The van der Waals surface area contributed by atoms with Crippen molar-refractivity contribution < 1.29 is 0 Å². The predicted octanol–water partition coefficient (Wildman–Crippen LogP) is 1.43. The number of aromatic nitrogens is 2. The normalized spacial score (nSPS) is 21.3. The first kappa shape index (κ1) is 13.6. The van der Waals surface area contributed by atoms with Crippen molar-refractivity contribution in [1.29, 1.82) is 0 Å². The minimum Gasteiger partial charge on any atom is -0.338 e. The minimum atomic E-state index is 0.695. The number of rotatable bonds is 6. The molecule has 0 saturated carbocycles. The van der Waals surface area contributed by atoms with Gasteiger partial charge in [0.2, 0.25) is 0 Å². The highest BCUT2D eigenvalue weighted by molar-refractivity contribution is 4.92. The molecule has 0 aromatic carbocycles. The molecule has 1 aromatic rings. The Morgan fingerprint density at radius 2 is 2.39 bits per heavy atom. The Bertz CT molecular complexity index is 347. The summed E-state index contributed by atoms with van der Waals surface area (Å²) >= 11 is 0. The summed E-state index contributed by atoms with van der Waals surface area (Å²) in [7, 11) is 2.07. The second-order valence-corrected chi connectivity index (χ2v) is 5.30. The molecule has 1 saturated heterocycles. The number of nitrogens with one attached hydrogen (secondary N) is 1. The third-order valence-corrected chi connectivity index (χ3v) is 3.76. The van der Waals surface area contributed by atoms with Gasteiger partial charge in [-0.2, -0.15) is 0 Å². The summed E-state index contributed by atoms with van der Waals surface area (Å²) < 4.78 is 2.12. The predicted molar refractivity (Wildman–Crippen MR) is 74.7 cm³/mol. The first-order valence-electron chi connectivity index (χ1n) is 7.21. The monoisotopic (exact) mass is 250 g/mol. The summed E-state index contributed by atoms with van der Waals surface area (Å²) in [5.41, 5.74) is 0. The van der Waals surface area contributed by atoms with Crippen molar-refractivity contribution in [2.45, 2.75) is 38.6 Å². The molecule has 0 bridgehead atoms. The summed E-state index contributed by atoms with van der Waals surface area (Å²) in [4.78, 5) is 6.96. The van der Waals surface area contributed by atoms with Crippen molar-refractivity contribution in [3.05, 3.63) is 18.2 Å². The van der Waals surface area contributed by atoms with Crippen LogP contribution in [0.3, 0.4) is 0 Å². The zero-order chi connectivity index (χ0) is 12.8. The van der Waals surface area contributed by atoms with E-state index in [0.717, 1.165) is 19.5 Å². The van der Waals surface area contributed by atoms with E-state index in [2.05, 4.69) is 33.7 Å². The highest BCUT2D eigenvalue weighted by Crippen LogP contribution is 2.10. The number of hydrogen-bond acceptors (Lipinski definition) is 3. The van der Waals surface area contributed by atoms with Gasteiger partial charge >= 0.3 is 0 Å². The van der Waals surface area contributed by atoms with Gasteiger partial charge in [0.1, 0.15) is 5.82 Å². The molecule has 0 radical (unpaired) electrons. The third-order valence-electron chi connectivity index (χ3n) is 3.76. The molecule has 0 aliphatic carbocycles. The molecule has 1 atom stereocenters. The van der Waals surface area contributed by atoms with Crippen LogP contribution >= 0.6 is 0 Å². The number of hydrogen-bond donors (Lipinski definition) is 1. The van der Waals surface area contributed by atoms with Crippen LogP contribution in [0.2, 0.25) is 0 Å². The number of nitrogens with zero attached hydrogens (tertiary/aromatic N) is 3. The molecule has 1 aliphatic rings. The van der Waals surface area contributed by atoms with Gasteiger partial charge in [-0.25, -0.2) is 4.98 Å². The number of imidazole rings is 1. The van der Waals surface area contributed by atoms with Gasteiger partial charge in [0, 0.05) is 45.0 Å². The van der Waals surface area contributed by atoms with Gasteiger partial charge < -0.3 is 14.8 Å². The van der Waals surface area contributed by atoms with Crippen molar-refractivity contribution in [3.8, 4) is 0 Å². The van der Waals surface area contributed by atoms with Crippen LogP contribution in [0.25, 0.3) is 0 Å². The zero-order valence-corrected chi connectivity index (χ0v) is 11.7. The third kappa shape index (κ3) is 3.82. The topological polar surface area (TPSA) is 33.1 Å². The van der Waals surface area contributed by atoms with Crippen LogP contribution in [0, 0.1) is 0 Å². The Morgan fingerprint density at radius 3 is 3.11 bits per heavy atom. The van der Waals surface area contributed by atoms with Gasteiger partial charge in [0.25, 0.3) is 0 Å². The second kappa shape index (κ2) is 6.90. The molecule has 2 heterocycles. The average Bonchev–Trinajstić information content (AvgIpc) is 2.80. The Labute approximate surface area is 110 Å². The van der Waals surface area contributed by atoms with E-state index in [1.807, 2.05) is 12.4 Å². The molecule has 2 rings (SSSR count). The van der Waals surface area contributed by atoms with E-state index < -0.39 is 0 Å². The molecule has 18 heavy (non-hydrogen) atoms. The van der Waals surface area contributed by atoms with E-state index in [1.165, 1.54) is 38.2 Å². The summed E-state index contributed by atoms with van der Waals surface area (Å²) in [6.45, 7) is 6.96. The quantitative estimate of drug-likeness (QED) is 0.829. The van der Waals surface area contributed by atoms with Gasteiger partial charge in [0.05, 0.1) is 0 Å². The first-order valence-corrected chi connectivity index (χ1v) is 7.21. The number of aryl methyl sites for hydroxylation is 1. The Balaban J connectivity index is 1.74. The molecular weight excluding hydrogens is 224 g/mol. The molecule has 4 heteroatoms. The molecular formula is C14H26N4. The second-order valence-electron chi connectivity index (χ2n) is 5.30. The van der Waals surface area contributed by atoms with Crippen molar-refractivity contribution in [2.24, 2.45) is 7.05 Å². The van der Waals surface area contributed by atoms with Crippen LogP contribution in [0.15, 0.2) is 12.4 Å². The summed E-state index contributed by atoms with van der Waals surface area (Å²) in [5, 5.41) is 3.64. The highest BCUT2D eigenvalue weighted by Gasteiger charge is 2.19. The molecule has 1 N–H and O–H groups in total. The van der Waals surface area contributed by atoms with Crippen LogP contribution in [0.5, 0.6) is 0 Å². The molecule has 1 unspecified atom stereocenters. The van der Waals surface area contributed by atoms with E-state index in [-0.39, 0.29) is 0 Å². The Kier molecular flexibility index (Phi) is 5.20. The van der Waals surface area contributed by atoms with Crippen molar-refractivity contribution in [1.82, 2.24) is 19.8 Å². The minimum absolute atomic E-state index is 0.695. The fraction of sp³-hybridized carbons (Fsp3) is 0.786. The van der Waals surface area contributed by atoms with Gasteiger partial charge in [-0.15, -0.1) is 0 Å². The molecule has 0 amide bonds. The van der Waals surface area contributed by atoms with Crippen LogP contribution < -0.4 is 5.32 Å². The maximum absolute atomic E-state index is 4.39. The van der Waals surface area contributed by atoms with Gasteiger partial charge in [-0.05, 0) is 32.4 Å². The van der Waals surface area contributed by atoms with Gasteiger partial charge in [-0.1, -0.05) is 6.92 Å². The average molecular weight is 250 g/mol. The lowest BCUT2D eigenvalue weighted by atomic mass is 10.1. The van der Waals surface area contributed by atoms with Crippen molar-refractivity contribution in [2.75, 3.05) is 26.2 Å². The van der Waals surface area contributed by atoms with Crippen molar-refractivity contribution in [3.63, 3.8) is 0 Å². The first-order chi connectivity index (χ1) is 8.79. The fourth-order valence-electron chi connectivity index (χ4n) is 2.67. The lowest BCUT2D eigenvalue weighted by molar-refractivity contribution is 0.191. The molecule has 4 nitrogen and oxygen atoms in total. The van der Waals surface area contributed by atoms with Gasteiger partial charge in [0.15, 0.2) is 0 Å². The highest BCUT2D eigenvalue weighted by atomic mass is 15.2. The Hall–Kier alpha value is -0.870. The maximum atomic E-state index is 4.39. The van der Waals surface area contributed by atoms with Crippen LogP contribution in [0.4, 0.5) is 0 Å². The smallest absolute Gasteiger partial charge is 0.109 e. The van der Waals surface area contributed by atoms with E-state index in [9.17, 15) is 0 Å². The van der Waals surface area contributed by atoms with Gasteiger partial charge in [-0.3, -0.25) is 0 Å². The largest absolute Gasteiger partial charge is 0.338 e. The van der Waals surface area contributed by atoms with Crippen LogP contribution in [0.1, 0.15) is 32.0 Å². The van der Waals surface area contributed by atoms with E-state index in [1.54, 1.807) is 0 Å². The number of likely N-dealkylation sites (tertiary alicyclic amines) is 1. The van der Waals surface area contributed by atoms with Crippen LogP contribution in [-0.2, 0) is 13.5 Å². The molecule has 1 fully saturated rings. The van der Waals surface area contributed by atoms with E-state index in [4.69, 9.17) is 0 Å². The lowest BCUT2D eigenvalue weighted by Crippen LogP contribution is -2.46. The van der Waals surface area contributed by atoms with E-state index in [0.29, 0.717) is 6.04 Å². The summed E-state index contributed by atoms with van der Waals surface area (Å²) in [6.07, 6.45) is 8.85. The molecule has 0 spiro atoms. The standard InChI is InChI=1S/C14H26N4/c1-3-7-15-13-5-4-9-18(12-13)10-6-14-16-8-11-17(14)2/h8,11,13,15H,3-7,9-10,12H2,1-2H3. The molecule has 1 aliphatic heterocycles. The van der Waals surface area contributed by atoms with Crippen LogP contribution in [-0.4, -0.2) is 46.7 Å². The zero-order valence-electron chi connectivity index (χ0n) is 11.7. The lowest BCUT2D eigenvalue weighted by Gasteiger charge is -2.33. The molecule has 102 valence electrons. The fourth-order valence-corrected chi connectivity index (χ4v) is 2.67. The molecule has 1 aromatic heterocycles. The number of piperidine rings is 1. The van der Waals surface area contributed by atoms with Crippen molar-refractivity contribution >= 4 is 0 Å². The Morgan fingerprint density at radius 1 is 1.50 bits per heavy atom.